The first-order chi connectivity index (χ1) is 31.0. The van der Waals surface area contributed by atoms with Gasteiger partial charge in [-0.15, -0.1) is 0 Å². The van der Waals surface area contributed by atoms with Crippen LogP contribution in [0, 0.1) is 0 Å². The van der Waals surface area contributed by atoms with Crippen LogP contribution >= 0.6 is 7.82 Å². The Balaban J connectivity index is 4.13. The molecule has 0 spiro atoms. The van der Waals surface area contributed by atoms with Gasteiger partial charge in [0, 0.05) is 6.42 Å². The van der Waals surface area contributed by atoms with Gasteiger partial charge in [0.05, 0.1) is 39.9 Å². The summed E-state index contributed by atoms with van der Waals surface area (Å²) < 4.78 is 23.6. The largest absolute Gasteiger partial charge is 0.472 e. The van der Waals surface area contributed by atoms with Crippen LogP contribution in [0.15, 0.2) is 48.6 Å². The summed E-state index contributed by atoms with van der Waals surface area (Å²) in [5.74, 6) is -0.178. The third-order valence-electron chi connectivity index (χ3n) is 12.0. The maximum absolute atomic E-state index is 12.9. The molecule has 0 saturated carbocycles. The monoisotopic (exact) mass is 922 g/mol. The van der Waals surface area contributed by atoms with Gasteiger partial charge in [0.1, 0.15) is 13.2 Å². The Morgan fingerprint density at radius 2 is 0.891 bits per heavy atom. The lowest BCUT2D eigenvalue weighted by molar-refractivity contribution is -0.870. The smallest absolute Gasteiger partial charge is 0.387 e. The predicted octanol–water partition coefficient (Wildman–Crippen LogP) is 16.0. The fourth-order valence-electron chi connectivity index (χ4n) is 7.76. The van der Waals surface area contributed by atoms with Gasteiger partial charge in [-0.3, -0.25) is 13.8 Å². The molecule has 3 N–H and O–H groups in total. The highest BCUT2D eigenvalue weighted by atomic mass is 31.2. The van der Waals surface area contributed by atoms with Gasteiger partial charge in [0.25, 0.3) is 0 Å². The second kappa shape index (κ2) is 46.6. The molecule has 0 radical (unpaired) electrons. The van der Waals surface area contributed by atoms with Crippen LogP contribution in [0.4, 0.5) is 0 Å². The first-order valence-electron chi connectivity index (χ1n) is 27.0. The lowest BCUT2D eigenvalue weighted by Crippen LogP contribution is -2.45. The van der Waals surface area contributed by atoms with Gasteiger partial charge in [0.15, 0.2) is 0 Å². The quantitative estimate of drug-likeness (QED) is 0.0243. The first kappa shape index (κ1) is 62.5. The third kappa shape index (κ3) is 48.4. The lowest BCUT2D eigenvalue weighted by atomic mass is 10.0. The van der Waals surface area contributed by atoms with E-state index in [1.165, 1.54) is 173 Å². The molecule has 0 fully saturated rings. The van der Waals surface area contributed by atoms with Crippen molar-refractivity contribution in [1.29, 1.82) is 0 Å². The average Bonchev–Trinajstić information content (AvgIpc) is 3.25. The molecule has 0 aliphatic heterocycles. The normalized spacial score (nSPS) is 14.4. The number of unbranched alkanes of at least 4 members (excludes halogenated alkanes) is 30. The van der Waals surface area contributed by atoms with E-state index < -0.39 is 20.0 Å². The van der Waals surface area contributed by atoms with Gasteiger partial charge >= 0.3 is 7.82 Å². The molecule has 376 valence electrons. The van der Waals surface area contributed by atoms with E-state index in [9.17, 15) is 19.4 Å². The standard InChI is InChI=1S/C55H105N2O6P/c1-6-8-10-12-14-16-18-20-21-22-23-24-25-26-27-28-29-30-31-32-33-34-35-37-39-41-43-45-47-49-55(59)56-53(52-63-64(60,61)62-51-50-57(3,4)5)54(58)48-46-44-42-40-38-36-19-17-15-13-11-9-7-2/h18,20,22-23,25-26,46,48,53-54,58H,6-17,19,21,24,27-45,47,49-52H2,1-5H3,(H-,56,59,60,61)/p+1/b20-18-,23-22-,26-25-,48-46+. The van der Waals surface area contributed by atoms with Crippen molar-refractivity contribution in [3.8, 4) is 0 Å². The Bertz CT molecular complexity index is 1180. The van der Waals surface area contributed by atoms with Crippen molar-refractivity contribution in [2.75, 3.05) is 40.9 Å². The number of rotatable bonds is 49. The minimum atomic E-state index is -4.34. The molecule has 0 heterocycles. The predicted molar refractivity (Wildman–Crippen MR) is 277 cm³/mol. The number of hydrogen-bond acceptors (Lipinski definition) is 5. The number of aliphatic hydroxyl groups excluding tert-OH is 1. The first-order valence-corrected chi connectivity index (χ1v) is 28.5. The van der Waals surface area contributed by atoms with Crippen molar-refractivity contribution in [2.45, 2.75) is 257 Å². The number of likely N-dealkylation sites (N-methyl/N-ethyl adjacent to an activating group) is 1. The summed E-state index contributed by atoms with van der Waals surface area (Å²) >= 11 is 0. The number of hydrogen-bond donors (Lipinski definition) is 3. The van der Waals surface area contributed by atoms with Crippen molar-refractivity contribution in [3.05, 3.63) is 48.6 Å². The van der Waals surface area contributed by atoms with Crippen LogP contribution in [-0.4, -0.2) is 73.4 Å². The zero-order valence-electron chi connectivity index (χ0n) is 42.8. The average molecular weight is 922 g/mol. The minimum Gasteiger partial charge on any atom is -0.387 e. The van der Waals surface area contributed by atoms with Crippen LogP contribution in [0.25, 0.3) is 0 Å². The maximum atomic E-state index is 12.9. The van der Waals surface area contributed by atoms with E-state index in [0.29, 0.717) is 17.4 Å². The van der Waals surface area contributed by atoms with Gasteiger partial charge in [0.2, 0.25) is 5.91 Å². The Kier molecular flexibility index (Phi) is 45.4. The third-order valence-corrected chi connectivity index (χ3v) is 13.0. The van der Waals surface area contributed by atoms with E-state index >= 15 is 0 Å². The van der Waals surface area contributed by atoms with Crippen LogP contribution in [0.2, 0.25) is 0 Å². The summed E-state index contributed by atoms with van der Waals surface area (Å²) in [4.78, 5) is 23.2. The second-order valence-electron chi connectivity index (χ2n) is 19.6. The molecule has 0 saturated heterocycles. The number of phosphoric acid groups is 1. The molecule has 0 aromatic carbocycles. The van der Waals surface area contributed by atoms with Gasteiger partial charge in [-0.2, -0.15) is 0 Å². The van der Waals surface area contributed by atoms with Gasteiger partial charge < -0.3 is 19.8 Å². The number of carbonyl (C=O) groups excluding carboxylic acids is 1. The summed E-state index contributed by atoms with van der Waals surface area (Å²) in [5, 5.41) is 13.9. The Hall–Kier alpha value is -1.54. The maximum Gasteiger partial charge on any atom is 0.472 e. The zero-order chi connectivity index (χ0) is 47.1. The molecule has 0 aliphatic rings. The molecule has 0 aromatic heterocycles. The molecule has 0 aliphatic carbocycles. The number of nitrogens with zero attached hydrogens (tertiary/aromatic N) is 1. The fraction of sp³-hybridized carbons (Fsp3) is 0.836. The topological polar surface area (TPSA) is 105 Å². The SMILES string of the molecule is CCCCCCC/C=C\C/C=C\C/C=C\CCCCCCCCCCCCCCCCC(=O)NC(COP(=O)(O)OCC[N+](C)(C)C)C(O)/C=C/CCCCCCCCCCCCC. The molecule has 0 aromatic rings. The van der Waals surface area contributed by atoms with E-state index in [0.717, 1.165) is 51.4 Å². The number of quaternary nitrogens is 1. The highest BCUT2D eigenvalue weighted by Crippen LogP contribution is 2.43. The Morgan fingerprint density at radius 1 is 0.531 bits per heavy atom. The summed E-state index contributed by atoms with van der Waals surface area (Å²) in [7, 11) is 1.57. The van der Waals surface area contributed by atoms with Gasteiger partial charge in [-0.1, -0.05) is 229 Å². The van der Waals surface area contributed by atoms with Crippen LogP contribution in [0.1, 0.15) is 245 Å². The highest BCUT2D eigenvalue weighted by Gasteiger charge is 2.27. The lowest BCUT2D eigenvalue weighted by Gasteiger charge is -2.25. The van der Waals surface area contributed by atoms with Crippen molar-refractivity contribution >= 4 is 13.7 Å². The van der Waals surface area contributed by atoms with Crippen LogP contribution in [-0.2, 0) is 18.4 Å². The highest BCUT2D eigenvalue weighted by molar-refractivity contribution is 7.47. The second-order valence-corrected chi connectivity index (χ2v) is 21.1. The summed E-state index contributed by atoms with van der Waals surface area (Å²) in [6.07, 6.45) is 60.6. The van der Waals surface area contributed by atoms with Crippen LogP contribution in [0.5, 0.6) is 0 Å². The Labute approximate surface area is 397 Å². The van der Waals surface area contributed by atoms with E-state index in [-0.39, 0.29) is 19.1 Å². The molecule has 1 amide bonds. The molecule has 0 rings (SSSR count). The number of nitrogens with one attached hydrogen (secondary N) is 1. The molecular formula is C55H106N2O6P+. The molecule has 0 bridgehead atoms. The van der Waals surface area contributed by atoms with Crippen LogP contribution in [0.3, 0.4) is 0 Å². The number of carbonyl (C=O) groups is 1. The van der Waals surface area contributed by atoms with Gasteiger partial charge in [-0.05, 0) is 57.8 Å². The molecule has 3 unspecified atom stereocenters. The summed E-state index contributed by atoms with van der Waals surface area (Å²) in [5.41, 5.74) is 0. The molecular weight excluding hydrogens is 816 g/mol. The zero-order valence-corrected chi connectivity index (χ0v) is 43.7. The van der Waals surface area contributed by atoms with E-state index in [4.69, 9.17) is 9.05 Å². The van der Waals surface area contributed by atoms with E-state index in [2.05, 4.69) is 55.6 Å². The van der Waals surface area contributed by atoms with Crippen molar-refractivity contribution in [3.63, 3.8) is 0 Å². The number of aliphatic hydroxyl groups is 1. The summed E-state index contributed by atoms with van der Waals surface area (Å²) in [6.45, 7) is 4.81. The fourth-order valence-corrected chi connectivity index (χ4v) is 8.49. The number of amides is 1. The van der Waals surface area contributed by atoms with Crippen LogP contribution < -0.4 is 5.32 Å². The van der Waals surface area contributed by atoms with E-state index in [1.807, 2.05) is 27.2 Å². The molecule has 3 atom stereocenters. The Morgan fingerprint density at radius 3 is 1.30 bits per heavy atom. The van der Waals surface area contributed by atoms with Crippen molar-refractivity contribution < 1.29 is 32.9 Å². The summed E-state index contributed by atoms with van der Waals surface area (Å²) in [6, 6.07) is -0.846. The molecule has 9 heteroatoms. The van der Waals surface area contributed by atoms with Crippen molar-refractivity contribution in [2.24, 2.45) is 0 Å². The van der Waals surface area contributed by atoms with E-state index in [1.54, 1.807) is 6.08 Å². The molecule has 64 heavy (non-hydrogen) atoms. The number of phosphoric ester groups is 1. The van der Waals surface area contributed by atoms with Gasteiger partial charge in [-0.25, -0.2) is 4.57 Å². The molecule has 8 nitrogen and oxygen atoms in total. The minimum absolute atomic E-state index is 0.0611. The number of allylic oxidation sites excluding steroid dienone is 7. The van der Waals surface area contributed by atoms with Crippen molar-refractivity contribution in [1.82, 2.24) is 5.32 Å².